The monoisotopic (exact) mass is 345 g/mol. The summed E-state index contributed by atoms with van der Waals surface area (Å²) in [5.74, 6) is -3.33. The largest absolute Gasteiger partial charge is 0.507 e. The number of halogens is 1. The summed E-state index contributed by atoms with van der Waals surface area (Å²) in [7, 11) is 0. The van der Waals surface area contributed by atoms with Crippen LogP contribution in [0.15, 0.2) is 22.7 Å². The van der Waals surface area contributed by atoms with E-state index in [-0.39, 0.29) is 24.2 Å². The van der Waals surface area contributed by atoms with Gasteiger partial charge in [0.25, 0.3) is 5.91 Å². The van der Waals surface area contributed by atoms with Gasteiger partial charge < -0.3 is 20.6 Å². The van der Waals surface area contributed by atoms with Crippen molar-refractivity contribution < 1.29 is 29.7 Å². The molecule has 1 atom stereocenters. The normalized spacial score (nSPS) is 11.7. The summed E-state index contributed by atoms with van der Waals surface area (Å²) < 4.78 is 0.398. The summed E-state index contributed by atoms with van der Waals surface area (Å²) in [5.41, 5.74) is 0.0762. The van der Waals surface area contributed by atoms with Gasteiger partial charge in [0, 0.05) is 12.0 Å². The predicted octanol–water partition coefficient (Wildman–Crippen LogP) is 1.20. The minimum atomic E-state index is -1.32. The Labute approximate surface area is 122 Å². The molecule has 8 heteroatoms. The van der Waals surface area contributed by atoms with Gasteiger partial charge in [0.2, 0.25) is 0 Å². The number of aliphatic carboxylic acids is 2. The lowest BCUT2D eigenvalue weighted by molar-refractivity contribution is -0.140. The number of phenolic OH excluding ortho intramolecular Hbond substituents is 1. The van der Waals surface area contributed by atoms with E-state index in [1.807, 2.05) is 0 Å². The summed E-state index contributed by atoms with van der Waals surface area (Å²) in [4.78, 5) is 33.2. The number of carbonyl (C=O) groups is 3. The van der Waals surface area contributed by atoms with Crippen molar-refractivity contribution in [2.75, 3.05) is 0 Å². The number of carboxylic acid groups (broad SMARTS) is 2. The number of amides is 1. The van der Waals surface area contributed by atoms with Crippen LogP contribution in [-0.2, 0) is 9.59 Å². The lowest BCUT2D eigenvalue weighted by atomic mass is 10.1. The molecule has 1 rings (SSSR count). The van der Waals surface area contributed by atoms with Crippen molar-refractivity contribution in [2.45, 2.75) is 18.9 Å². The van der Waals surface area contributed by atoms with Crippen molar-refractivity contribution in [1.29, 1.82) is 0 Å². The van der Waals surface area contributed by atoms with Gasteiger partial charge in [-0.25, -0.2) is 4.79 Å². The second-order valence-corrected chi connectivity index (χ2v) is 4.82. The zero-order valence-electron chi connectivity index (χ0n) is 10.2. The molecule has 0 aliphatic heterocycles. The number of hydrogen-bond donors (Lipinski definition) is 4. The molecule has 1 aromatic carbocycles. The quantitative estimate of drug-likeness (QED) is 0.614. The third kappa shape index (κ3) is 4.54. The van der Waals surface area contributed by atoms with Crippen LogP contribution >= 0.6 is 15.9 Å². The van der Waals surface area contributed by atoms with Crippen molar-refractivity contribution in [3.05, 3.63) is 28.2 Å². The van der Waals surface area contributed by atoms with Crippen molar-refractivity contribution in [3.8, 4) is 5.75 Å². The van der Waals surface area contributed by atoms with Crippen LogP contribution in [0.3, 0.4) is 0 Å². The van der Waals surface area contributed by atoms with Gasteiger partial charge in [-0.1, -0.05) is 0 Å². The maximum absolute atomic E-state index is 11.8. The first-order valence-electron chi connectivity index (χ1n) is 5.55. The van der Waals surface area contributed by atoms with Crippen molar-refractivity contribution in [2.24, 2.45) is 0 Å². The summed E-state index contributed by atoms with van der Waals surface area (Å²) in [6, 6.07) is 2.71. The Balaban J connectivity index is 2.77. The van der Waals surface area contributed by atoms with Crippen LogP contribution in [0, 0.1) is 0 Å². The lowest BCUT2D eigenvalue weighted by Gasteiger charge is -2.13. The highest BCUT2D eigenvalue weighted by Gasteiger charge is 2.21. The van der Waals surface area contributed by atoms with Crippen LogP contribution in [0.1, 0.15) is 23.2 Å². The molecule has 0 saturated heterocycles. The summed E-state index contributed by atoms with van der Waals surface area (Å²) in [6.45, 7) is 0. The number of aromatic hydroxyl groups is 1. The fraction of sp³-hybridized carbons (Fsp3) is 0.250. The lowest BCUT2D eigenvalue weighted by Crippen LogP contribution is -2.41. The van der Waals surface area contributed by atoms with Crippen molar-refractivity contribution in [3.63, 3.8) is 0 Å². The van der Waals surface area contributed by atoms with Gasteiger partial charge in [0.1, 0.15) is 11.8 Å². The molecule has 1 aromatic rings. The maximum atomic E-state index is 11.8. The van der Waals surface area contributed by atoms with E-state index in [0.717, 1.165) is 0 Å². The van der Waals surface area contributed by atoms with E-state index in [1.165, 1.54) is 18.2 Å². The molecule has 0 bridgehead atoms. The van der Waals surface area contributed by atoms with Crippen LogP contribution in [0.25, 0.3) is 0 Å². The van der Waals surface area contributed by atoms with Gasteiger partial charge in [-0.15, -0.1) is 0 Å². The van der Waals surface area contributed by atoms with Gasteiger partial charge in [-0.2, -0.15) is 0 Å². The van der Waals surface area contributed by atoms with E-state index < -0.39 is 23.9 Å². The fourth-order valence-electron chi connectivity index (χ4n) is 1.42. The number of rotatable bonds is 6. The Morgan fingerprint density at radius 2 is 1.90 bits per heavy atom. The van der Waals surface area contributed by atoms with Crippen LogP contribution in [-0.4, -0.2) is 39.2 Å². The standard InChI is InChI=1S/C12H12BrNO6/c13-7-2-1-6(5-9(7)15)11(18)14-8(12(19)20)3-4-10(16)17/h1-2,5,8,15H,3-4H2,(H,14,18)(H,16,17)(H,19,20)/t8-/m0/s1. The Kier molecular flexibility index (Phi) is 5.51. The molecule has 1 amide bonds. The third-order valence-electron chi connectivity index (χ3n) is 2.46. The fourth-order valence-corrected chi connectivity index (χ4v) is 1.67. The average Bonchev–Trinajstić information content (AvgIpc) is 2.36. The minimum absolute atomic E-state index is 0.0762. The Morgan fingerprint density at radius 1 is 1.25 bits per heavy atom. The first kappa shape index (κ1) is 16.0. The highest BCUT2D eigenvalue weighted by molar-refractivity contribution is 9.10. The summed E-state index contributed by atoms with van der Waals surface area (Å²) in [5, 5.41) is 29.1. The molecule has 0 unspecified atom stereocenters. The molecule has 20 heavy (non-hydrogen) atoms. The van der Waals surface area contributed by atoms with Crippen LogP contribution < -0.4 is 5.32 Å². The van der Waals surface area contributed by atoms with Crippen LogP contribution in [0.4, 0.5) is 0 Å². The number of phenols is 1. The number of carboxylic acids is 2. The van der Waals surface area contributed by atoms with E-state index >= 15 is 0 Å². The van der Waals surface area contributed by atoms with Gasteiger partial charge in [0.15, 0.2) is 0 Å². The average molecular weight is 346 g/mol. The van der Waals surface area contributed by atoms with Gasteiger partial charge in [0.05, 0.1) is 4.47 Å². The first-order chi connectivity index (χ1) is 9.31. The van der Waals surface area contributed by atoms with Gasteiger partial charge >= 0.3 is 11.9 Å². The smallest absolute Gasteiger partial charge is 0.326 e. The number of benzene rings is 1. The highest BCUT2D eigenvalue weighted by atomic mass is 79.9. The molecular weight excluding hydrogens is 334 g/mol. The summed E-state index contributed by atoms with van der Waals surface area (Å²) >= 11 is 3.05. The van der Waals surface area contributed by atoms with Crippen LogP contribution in [0.5, 0.6) is 5.75 Å². The zero-order valence-corrected chi connectivity index (χ0v) is 11.8. The second-order valence-electron chi connectivity index (χ2n) is 3.96. The molecular formula is C12H12BrNO6. The Bertz CT molecular complexity index is 545. The molecule has 0 radical (unpaired) electrons. The predicted molar refractivity (Wildman–Crippen MR) is 71.6 cm³/mol. The van der Waals surface area contributed by atoms with Gasteiger partial charge in [-0.3, -0.25) is 9.59 Å². The highest BCUT2D eigenvalue weighted by Crippen LogP contribution is 2.24. The van der Waals surface area contributed by atoms with E-state index in [4.69, 9.17) is 10.2 Å². The van der Waals surface area contributed by atoms with E-state index in [9.17, 15) is 19.5 Å². The SMILES string of the molecule is O=C(O)CC[C@H](NC(=O)c1ccc(Br)c(O)c1)C(=O)O. The zero-order chi connectivity index (χ0) is 15.3. The second kappa shape index (κ2) is 6.90. The van der Waals surface area contributed by atoms with Crippen molar-refractivity contribution in [1.82, 2.24) is 5.32 Å². The summed E-state index contributed by atoms with van der Waals surface area (Å²) in [6.07, 6.45) is -0.595. The molecule has 0 fully saturated rings. The molecule has 4 N–H and O–H groups in total. The van der Waals surface area contributed by atoms with Crippen LogP contribution in [0.2, 0.25) is 0 Å². The molecule has 0 aliphatic carbocycles. The molecule has 7 nitrogen and oxygen atoms in total. The Hall–Kier alpha value is -2.09. The van der Waals surface area contributed by atoms with E-state index in [0.29, 0.717) is 4.47 Å². The molecule has 0 spiro atoms. The first-order valence-corrected chi connectivity index (χ1v) is 6.34. The van der Waals surface area contributed by atoms with E-state index in [2.05, 4.69) is 21.2 Å². The minimum Gasteiger partial charge on any atom is -0.507 e. The molecule has 0 saturated carbocycles. The molecule has 108 valence electrons. The van der Waals surface area contributed by atoms with E-state index in [1.54, 1.807) is 0 Å². The topological polar surface area (TPSA) is 124 Å². The van der Waals surface area contributed by atoms with Gasteiger partial charge in [-0.05, 0) is 40.5 Å². The number of carbonyl (C=O) groups excluding carboxylic acids is 1. The maximum Gasteiger partial charge on any atom is 0.326 e. The molecule has 0 aromatic heterocycles. The third-order valence-corrected chi connectivity index (χ3v) is 3.13. The molecule has 0 aliphatic rings. The Morgan fingerprint density at radius 3 is 2.40 bits per heavy atom. The number of nitrogens with one attached hydrogen (secondary N) is 1. The van der Waals surface area contributed by atoms with Crippen molar-refractivity contribution >= 4 is 33.8 Å². The molecule has 0 heterocycles. The number of hydrogen-bond acceptors (Lipinski definition) is 4.